The Labute approximate surface area is 104 Å². The van der Waals surface area contributed by atoms with Crippen LogP contribution in [-0.4, -0.2) is 11.9 Å². The van der Waals surface area contributed by atoms with Crippen molar-refractivity contribution in [2.45, 2.75) is 31.8 Å². The van der Waals surface area contributed by atoms with Gasteiger partial charge in [0, 0.05) is 4.47 Å². The monoisotopic (exact) mass is 282 g/mol. The molecule has 1 aromatic rings. The van der Waals surface area contributed by atoms with Crippen molar-refractivity contribution < 1.29 is 4.74 Å². The van der Waals surface area contributed by atoms with Crippen LogP contribution in [0.1, 0.15) is 31.2 Å². The van der Waals surface area contributed by atoms with Gasteiger partial charge in [-0.3, -0.25) is 5.41 Å². The smallest absolute Gasteiger partial charge is 0.131 e. The maximum absolute atomic E-state index is 7.56. The molecule has 0 unspecified atom stereocenters. The van der Waals surface area contributed by atoms with E-state index < -0.39 is 0 Å². The molecule has 1 aliphatic rings. The largest absolute Gasteiger partial charge is 0.490 e. The lowest BCUT2D eigenvalue weighted by Crippen LogP contribution is -2.17. The highest BCUT2D eigenvalue weighted by Gasteiger charge is 2.19. The number of nitrogens with two attached hydrogens (primary N) is 1. The molecule has 0 bridgehead atoms. The zero-order valence-electron chi connectivity index (χ0n) is 9.00. The number of halogens is 1. The summed E-state index contributed by atoms with van der Waals surface area (Å²) in [4.78, 5) is 0. The van der Waals surface area contributed by atoms with E-state index in [0.29, 0.717) is 11.3 Å². The number of hydrogen-bond acceptors (Lipinski definition) is 2. The highest BCUT2D eigenvalue weighted by Crippen LogP contribution is 2.30. The van der Waals surface area contributed by atoms with E-state index in [1.165, 1.54) is 12.8 Å². The molecule has 0 spiro atoms. The summed E-state index contributed by atoms with van der Waals surface area (Å²) in [6.45, 7) is 0. The van der Waals surface area contributed by atoms with Gasteiger partial charge in [-0.15, -0.1) is 0 Å². The molecule has 1 saturated carbocycles. The third kappa shape index (κ3) is 2.38. The van der Waals surface area contributed by atoms with Crippen LogP contribution in [0.3, 0.4) is 0 Å². The fourth-order valence-electron chi connectivity index (χ4n) is 2.05. The SMILES string of the molecule is N=C(N)c1c(Br)cccc1OC1CCCC1. The van der Waals surface area contributed by atoms with Crippen molar-refractivity contribution in [3.63, 3.8) is 0 Å². The Morgan fingerprint density at radius 3 is 2.69 bits per heavy atom. The minimum absolute atomic E-state index is 0.0421. The van der Waals surface area contributed by atoms with E-state index >= 15 is 0 Å². The van der Waals surface area contributed by atoms with Gasteiger partial charge in [-0.05, 0) is 53.7 Å². The topological polar surface area (TPSA) is 59.1 Å². The lowest BCUT2D eigenvalue weighted by molar-refractivity contribution is 0.209. The molecule has 0 heterocycles. The highest BCUT2D eigenvalue weighted by atomic mass is 79.9. The second-order valence-corrected chi connectivity index (χ2v) is 4.91. The van der Waals surface area contributed by atoms with Crippen LogP contribution < -0.4 is 10.5 Å². The predicted octanol–water partition coefficient (Wildman–Crippen LogP) is 3.05. The fraction of sp³-hybridized carbons (Fsp3) is 0.417. The third-order valence-electron chi connectivity index (χ3n) is 2.84. The fourth-order valence-corrected chi connectivity index (χ4v) is 2.61. The van der Waals surface area contributed by atoms with Gasteiger partial charge in [0.15, 0.2) is 0 Å². The molecule has 1 aromatic carbocycles. The van der Waals surface area contributed by atoms with Crippen molar-refractivity contribution in [3.05, 3.63) is 28.2 Å². The van der Waals surface area contributed by atoms with Crippen LogP contribution in [0, 0.1) is 5.41 Å². The van der Waals surface area contributed by atoms with E-state index in [-0.39, 0.29) is 11.9 Å². The van der Waals surface area contributed by atoms with Gasteiger partial charge in [0.2, 0.25) is 0 Å². The Balaban J connectivity index is 2.25. The Morgan fingerprint density at radius 1 is 1.38 bits per heavy atom. The molecule has 3 N–H and O–H groups in total. The summed E-state index contributed by atoms with van der Waals surface area (Å²) in [6.07, 6.45) is 4.95. The zero-order chi connectivity index (χ0) is 11.5. The maximum Gasteiger partial charge on any atom is 0.131 e. The molecule has 0 atom stereocenters. The molecule has 0 radical (unpaired) electrons. The molecule has 1 aliphatic carbocycles. The molecule has 16 heavy (non-hydrogen) atoms. The number of nitrogen functional groups attached to an aromatic ring is 1. The second-order valence-electron chi connectivity index (χ2n) is 4.05. The molecule has 86 valence electrons. The van der Waals surface area contributed by atoms with E-state index in [4.69, 9.17) is 15.9 Å². The number of hydrogen-bond donors (Lipinski definition) is 2. The van der Waals surface area contributed by atoms with Crippen LogP contribution in [0.25, 0.3) is 0 Å². The van der Waals surface area contributed by atoms with Crippen LogP contribution in [-0.2, 0) is 0 Å². The minimum atomic E-state index is 0.0421. The van der Waals surface area contributed by atoms with Crippen molar-refractivity contribution in [1.82, 2.24) is 0 Å². The van der Waals surface area contributed by atoms with Gasteiger partial charge in [0.1, 0.15) is 11.6 Å². The van der Waals surface area contributed by atoms with Crippen LogP contribution in [0.4, 0.5) is 0 Å². The minimum Gasteiger partial charge on any atom is -0.490 e. The zero-order valence-corrected chi connectivity index (χ0v) is 10.6. The Morgan fingerprint density at radius 2 is 2.06 bits per heavy atom. The lowest BCUT2D eigenvalue weighted by atomic mass is 10.2. The van der Waals surface area contributed by atoms with E-state index in [2.05, 4.69) is 15.9 Å². The van der Waals surface area contributed by atoms with Crippen LogP contribution in [0.15, 0.2) is 22.7 Å². The number of nitrogens with one attached hydrogen (secondary N) is 1. The van der Waals surface area contributed by atoms with E-state index in [9.17, 15) is 0 Å². The predicted molar refractivity (Wildman–Crippen MR) is 68.0 cm³/mol. The summed E-state index contributed by atoms with van der Waals surface area (Å²) >= 11 is 3.40. The Kier molecular flexibility index (Phi) is 3.49. The average molecular weight is 283 g/mol. The number of ether oxygens (including phenoxy) is 1. The third-order valence-corrected chi connectivity index (χ3v) is 3.50. The van der Waals surface area contributed by atoms with Gasteiger partial charge < -0.3 is 10.5 Å². The maximum atomic E-state index is 7.56. The van der Waals surface area contributed by atoms with E-state index in [1.807, 2.05) is 18.2 Å². The van der Waals surface area contributed by atoms with Crippen molar-refractivity contribution in [2.24, 2.45) is 5.73 Å². The molecule has 1 fully saturated rings. The second kappa shape index (κ2) is 4.87. The summed E-state index contributed by atoms with van der Waals surface area (Å²) in [7, 11) is 0. The summed E-state index contributed by atoms with van der Waals surface area (Å²) in [5.41, 5.74) is 6.22. The van der Waals surface area contributed by atoms with E-state index in [0.717, 1.165) is 17.3 Å². The summed E-state index contributed by atoms with van der Waals surface area (Å²) in [5.74, 6) is 0.759. The molecule has 0 amide bonds. The van der Waals surface area contributed by atoms with Crippen LogP contribution >= 0.6 is 15.9 Å². The van der Waals surface area contributed by atoms with Crippen LogP contribution in [0.2, 0.25) is 0 Å². The van der Waals surface area contributed by atoms with Gasteiger partial charge in [0.25, 0.3) is 0 Å². The van der Waals surface area contributed by atoms with E-state index in [1.54, 1.807) is 0 Å². The van der Waals surface area contributed by atoms with Gasteiger partial charge in [0.05, 0.1) is 11.7 Å². The first-order chi connectivity index (χ1) is 7.68. The molecular formula is C12H15BrN2O. The van der Waals surface area contributed by atoms with Crippen molar-refractivity contribution in [3.8, 4) is 5.75 Å². The average Bonchev–Trinajstić information content (AvgIpc) is 2.70. The number of benzene rings is 1. The van der Waals surface area contributed by atoms with Gasteiger partial charge in [-0.1, -0.05) is 6.07 Å². The normalized spacial score (nSPS) is 16.3. The molecule has 4 heteroatoms. The van der Waals surface area contributed by atoms with Gasteiger partial charge in [-0.25, -0.2) is 0 Å². The summed E-state index contributed by atoms with van der Waals surface area (Å²) in [6, 6.07) is 5.65. The van der Waals surface area contributed by atoms with Crippen molar-refractivity contribution in [2.75, 3.05) is 0 Å². The van der Waals surface area contributed by atoms with Gasteiger partial charge >= 0.3 is 0 Å². The molecule has 0 saturated heterocycles. The molecule has 0 aliphatic heterocycles. The standard InChI is InChI=1S/C12H15BrN2O/c13-9-6-3-7-10(11(9)12(14)15)16-8-4-1-2-5-8/h3,6-8H,1-2,4-5H2,(H3,14,15). The Hall–Kier alpha value is -1.03. The van der Waals surface area contributed by atoms with Crippen molar-refractivity contribution in [1.29, 1.82) is 5.41 Å². The molecular weight excluding hydrogens is 268 g/mol. The molecule has 0 aromatic heterocycles. The van der Waals surface area contributed by atoms with Crippen molar-refractivity contribution >= 4 is 21.8 Å². The lowest BCUT2D eigenvalue weighted by Gasteiger charge is -2.16. The highest BCUT2D eigenvalue weighted by molar-refractivity contribution is 9.10. The molecule has 2 rings (SSSR count). The summed E-state index contributed by atoms with van der Waals surface area (Å²) < 4.78 is 6.71. The first kappa shape index (κ1) is 11.5. The number of rotatable bonds is 3. The molecule has 3 nitrogen and oxygen atoms in total. The quantitative estimate of drug-likeness (QED) is 0.661. The first-order valence-corrected chi connectivity index (χ1v) is 6.27. The number of amidine groups is 1. The van der Waals surface area contributed by atoms with Gasteiger partial charge in [-0.2, -0.15) is 0 Å². The Bertz CT molecular complexity index is 400. The van der Waals surface area contributed by atoms with Crippen LogP contribution in [0.5, 0.6) is 5.75 Å². The summed E-state index contributed by atoms with van der Waals surface area (Å²) in [5, 5.41) is 7.56. The first-order valence-electron chi connectivity index (χ1n) is 5.48.